The SMILES string of the molecule is N#Cc1ccnc(C(Cl)=NO)c1. The molecule has 0 fully saturated rings. The summed E-state index contributed by atoms with van der Waals surface area (Å²) in [4.78, 5) is 3.78. The maximum Gasteiger partial charge on any atom is 0.193 e. The second-order valence-corrected chi connectivity index (χ2v) is 2.29. The predicted octanol–water partition coefficient (Wildman–Crippen LogP) is 1.33. The van der Waals surface area contributed by atoms with Gasteiger partial charge in [0.05, 0.1) is 11.6 Å². The highest BCUT2D eigenvalue weighted by Crippen LogP contribution is 2.03. The van der Waals surface area contributed by atoms with Crippen LogP contribution in [0.4, 0.5) is 0 Å². The third-order valence-corrected chi connectivity index (χ3v) is 1.46. The Morgan fingerprint density at radius 2 is 2.50 bits per heavy atom. The Bertz CT molecular complexity index is 356. The van der Waals surface area contributed by atoms with E-state index in [1.807, 2.05) is 6.07 Å². The number of nitriles is 1. The molecule has 5 heteroatoms. The number of oxime groups is 1. The minimum atomic E-state index is -0.132. The summed E-state index contributed by atoms with van der Waals surface area (Å²) in [6, 6.07) is 4.88. The van der Waals surface area contributed by atoms with Gasteiger partial charge in [-0.1, -0.05) is 16.8 Å². The van der Waals surface area contributed by atoms with Gasteiger partial charge in [0.2, 0.25) is 0 Å². The lowest BCUT2D eigenvalue weighted by atomic mass is 10.2. The van der Waals surface area contributed by atoms with Crippen LogP contribution in [0.15, 0.2) is 23.5 Å². The van der Waals surface area contributed by atoms with E-state index in [2.05, 4.69) is 10.1 Å². The molecule has 0 aromatic carbocycles. The van der Waals surface area contributed by atoms with Crippen LogP contribution < -0.4 is 0 Å². The molecule has 1 aromatic heterocycles. The lowest BCUT2D eigenvalue weighted by molar-refractivity contribution is 0.320. The number of nitrogens with zero attached hydrogens (tertiary/aromatic N) is 3. The number of pyridine rings is 1. The van der Waals surface area contributed by atoms with Gasteiger partial charge in [-0.25, -0.2) is 0 Å². The maximum absolute atomic E-state index is 8.49. The molecular weight excluding hydrogens is 178 g/mol. The summed E-state index contributed by atoms with van der Waals surface area (Å²) in [5, 5.41) is 19.4. The molecule has 1 rings (SSSR count). The average molecular weight is 182 g/mol. The lowest BCUT2D eigenvalue weighted by Crippen LogP contribution is -1.95. The number of hydrogen-bond acceptors (Lipinski definition) is 4. The summed E-state index contributed by atoms with van der Waals surface area (Å²) in [5.74, 6) is 0. The molecule has 1 N–H and O–H groups in total. The molecule has 0 aliphatic carbocycles. The van der Waals surface area contributed by atoms with Crippen molar-refractivity contribution < 1.29 is 5.21 Å². The quantitative estimate of drug-likeness (QED) is 0.404. The van der Waals surface area contributed by atoms with E-state index >= 15 is 0 Å². The summed E-state index contributed by atoms with van der Waals surface area (Å²) in [6.45, 7) is 0. The van der Waals surface area contributed by atoms with E-state index in [9.17, 15) is 0 Å². The summed E-state index contributed by atoms with van der Waals surface area (Å²) < 4.78 is 0. The van der Waals surface area contributed by atoms with Crippen molar-refractivity contribution in [2.24, 2.45) is 5.16 Å². The zero-order valence-electron chi connectivity index (χ0n) is 5.90. The van der Waals surface area contributed by atoms with Crippen LogP contribution in [0.3, 0.4) is 0 Å². The molecule has 0 saturated heterocycles. The van der Waals surface area contributed by atoms with Crippen LogP contribution >= 0.6 is 11.6 Å². The Labute approximate surface area is 73.7 Å². The van der Waals surface area contributed by atoms with Crippen molar-refractivity contribution in [3.05, 3.63) is 29.6 Å². The van der Waals surface area contributed by atoms with Gasteiger partial charge >= 0.3 is 0 Å². The average Bonchev–Trinajstić information content (AvgIpc) is 2.17. The van der Waals surface area contributed by atoms with Gasteiger partial charge in [0.15, 0.2) is 5.17 Å². The Morgan fingerprint density at radius 1 is 1.75 bits per heavy atom. The first-order valence-electron chi connectivity index (χ1n) is 3.02. The van der Waals surface area contributed by atoms with Crippen LogP contribution in [-0.4, -0.2) is 15.4 Å². The highest BCUT2D eigenvalue weighted by atomic mass is 35.5. The van der Waals surface area contributed by atoms with E-state index in [4.69, 9.17) is 22.1 Å². The molecule has 0 aliphatic rings. The number of hydrogen-bond donors (Lipinski definition) is 1. The normalized spacial score (nSPS) is 10.8. The Hall–Kier alpha value is -1.60. The fraction of sp³-hybridized carbons (Fsp3) is 0. The largest absolute Gasteiger partial charge is 0.410 e. The topological polar surface area (TPSA) is 69.3 Å². The summed E-state index contributed by atoms with van der Waals surface area (Å²) in [6.07, 6.45) is 1.42. The first-order chi connectivity index (χ1) is 5.77. The molecule has 0 radical (unpaired) electrons. The van der Waals surface area contributed by atoms with E-state index in [0.717, 1.165) is 0 Å². The lowest BCUT2D eigenvalue weighted by Gasteiger charge is -1.93. The predicted molar refractivity (Wildman–Crippen MR) is 43.1 cm³/mol. The van der Waals surface area contributed by atoms with Crippen molar-refractivity contribution in [3.63, 3.8) is 0 Å². The molecule has 60 valence electrons. The van der Waals surface area contributed by atoms with Crippen LogP contribution in [0.2, 0.25) is 0 Å². The third kappa shape index (κ3) is 1.71. The Balaban J connectivity index is 3.12. The number of rotatable bonds is 1. The van der Waals surface area contributed by atoms with Gasteiger partial charge in [-0.15, -0.1) is 0 Å². The second kappa shape index (κ2) is 3.69. The molecule has 1 aromatic rings. The molecule has 0 amide bonds. The molecule has 1 heterocycles. The van der Waals surface area contributed by atoms with Crippen molar-refractivity contribution in [1.82, 2.24) is 4.98 Å². The fourth-order valence-corrected chi connectivity index (χ4v) is 0.767. The van der Waals surface area contributed by atoms with Gasteiger partial charge in [-0.05, 0) is 12.1 Å². The number of aromatic nitrogens is 1. The summed E-state index contributed by atoms with van der Waals surface area (Å²) >= 11 is 5.45. The molecule has 0 aliphatic heterocycles. The standard InChI is InChI=1S/C7H4ClN3O/c8-7(11-12)6-3-5(4-9)1-2-10-6/h1-3,12H. The van der Waals surface area contributed by atoms with Gasteiger partial charge in [0.1, 0.15) is 5.69 Å². The van der Waals surface area contributed by atoms with Crippen molar-refractivity contribution >= 4 is 16.8 Å². The highest BCUT2D eigenvalue weighted by molar-refractivity contribution is 6.69. The molecule has 0 spiro atoms. The molecule has 0 atom stereocenters. The second-order valence-electron chi connectivity index (χ2n) is 1.93. The summed E-state index contributed by atoms with van der Waals surface area (Å²) in [5.41, 5.74) is 0.694. The minimum Gasteiger partial charge on any atom is -0.410 e. The van der Waals surface area contributed by atoms with E-state index in [-0.39, 0.29) is 10.9 Å². The van der Waals surface area contributed by atoms with Gasteiger partial charge in [-0.2, -0.15) is 5.26 Å². The smallest absolute Gasteiger partial charge is 0.193 e. The monoisotopic (exact) mass is 181 g/mol. The fourth-order valence-electron chi connectivity index (χ4n) is 0.664. The van der Waals surface area contributed by atoms with Gasteiger partial charge in [-0.3, -0.25) is 4.98 Å². The summed E-state index contributed by atoms with van der Waals surface area (Å²) in [7, 11) is 0. The van der Waals surface area contributed by atoms with Gasteiger partial charge in [0.25, 0.3) is 0 Å². The molecule has 4 nitrogen and oxygen atoms in total. The van der Waals surface area contributed by atoms with E-state index < -0.39 is 0 Å². The van der Waals surface area contributed by atoms with E-state index in [0.29, 0.717) is 5.56 Å². The van der Waals surface area contributed by atoms with Crippen LogP contribution in [0.1, 0.15) is 11.3 Å². The van der Waals surface area contributed by atoms with E-state index in [1.54, 1.807) is 0 Å². The maximum atomic E-state index is 8.49. The molecule has 0 bridgehead atoms. The first-order valence-corrected chi connectivity index (χ1v) is 3.40. The van der Waals surface area contributed by atoms with E-state index in [1.165, 1.54) is 18.3 Å². The Morgan fingerprint density at radius 3 is 3.08 bits per heavy atom. The Kier molecular flexibility index (Phi) is 2.62. The molecule has 12 heavy (non-hydrogen) atoms. The molecule has 0 unspecified atom stereocenters. The highest BCUT2D eigenvalue weighted by Gasteiger charge is 2.02. The third-order valence-electron chi connectivity index (χ3n) is 1.19. The minimum absolute atomic E-state index is 0.132. The molecular formula is C7H4ClN3O. The van der Waals surface area contributed by atoms with Crippen molar-refractivity contribution in [3.8, 4) is 6.07 Å². The van der Waals surface area contributed by atoms with Crippen LogP contribution in [0.25, 0.3) is 0 Å². The van der Waals surface area contributed by atoms with Gasteiger partial charge in [0, 0.05) is 6.20 Å². The van der Waals surface area contributed by atoms with Crippen LogP contribution in [0.5, 0.6) is 0 Å². The molecule has 0 saturated carbocycles. The first kappa shape index (κ1) is 8.50. The van der Waals surface area contributed by atoms with Gasteiger partial charge < -0.3 is 5.21 Å². The van der Waals surface area contributed by atoms with Crippen LogP contribution in [0, 0.1) is 11.3 Å². The van der Waals surface area contributed by atoms with Crippen molar-refractivity contribution in [2.45, 2.75) is 0 Å². The van der Waals surface area contributed by atoms with Crippen molar-refractivity contribution in [2.75, 3.05) is 0 Å². The zero-order valence-corrected chi connectivity index (χ0v) is 6.65. The van der Waals surface area contributed by atoms with Crippen LogP contribution in [-0.2, 0) is 0 Å². The zero-order chi connectivity index (χ0) is 8.97. The number of halogens is 1. The van der Waals surface area contributed by atoms with Crippen molar-refractivity contribution in [1.29, 1.82) is 5.26 Å².